The van der Waals surface area contributed by atoms with Gasteiger partial charge in [0.25, 0.3) is 0 Å². The van der Waals surface area contributed by atoms with Gasteiger partial charge in [0, 0.05) is 12.4 Å². The highest BCUT2D eigenvalue weighted by Crippen LogP contribution is 2.24. The number of nitrogens with zero attached hydrogens (tertiary/aromatic N) is 4. The molecule has 29 heavy (non-hydrogen) atoms. The quantitative estimate of drug-likeness (QED) is 0.588. The summed E-state index contributed by atoms with van der Waals surface area (Å²) in [5.74, 6) is -0.692. The van der Waals surface area contributed by atoms with E-state index in [1.54, 1.807) is 33.8 Å². The van der Waals surface area contributed by atoms with Gasteiger partial charge in [-0.2, -0.15) is 5.06 Å². The molecule has 1 aliphatic heterocycles. The lowest BCUT2D eigenvalue weighted by atomic mass is 9.98. The first kappa shape index (κ1) is 22.2. The van der Waals surface area contributed by atoms with Crippen molar-refractivity contribution in [2.45, 2.75) is 45.4 Å². The van der Waals surface area contributed by atoms with Gasteiger partial charge in [0.05, 0.1) is 19.2 Å². The molecule has 2 atom stereocenters. The monoisotopic (exact) mass is 405 g/mol. The van der Waals surface area contributed by atoms with Crippen LogP contribution < -0.4 is 5.73 Å². The summed E-state index contributed by atoms with van der Waals surface area (Å²) >= 11 is 0. The fraction of sp³-hybridized carbons (Fsp3) is 0.474. The summed E-state index contributed by atoms with van der Waals surface area (Å²) in [6.07, 6.45) is 6.73. The van der Waals surface area contributed by atoms with E-state index in [1.807, 2.05) is 0 Å². The number of hydroxylamine groups is 2. The molecule has 1 aliphatic rings. The number of aromatic nitrogens is 2. The Morgan fingerprint density at radius 2 is 2.10 bits per heavy atom. The second-order valence-corrected chi connectivity index (χ2v) is 7.58. The molecule has 0 saturated carbocycles. The predicted molar refractivity (Wildman–Crippen MR) is 104 cm³/mol. The van der Waals surface area contributed by atoms with Crippen LogP contribution in [-0.4, -0.2) is 68.4 Å². The molecule has 1 aromatic rings. The van der Waals surface area contributed by atoms with Gasteiger partial charge in [0.1, 0.15) is 18.0 Å². The average molecular weight is 405 g/mol. The molecule has 2 N–H and O–H groups in total. The van der Waals surface area contributed by atoms with Crippen LogP contribution in [0.3, 0.4) is 0 Å². The lowest BCUT2D eigenvalue weighted by molar-refractivity contribution is -0.134. The van der Waals surface area contributed by atoms with Crippen LogP contribution >= 0.6 is 0 Å². The Morgan fingerprint density at radius 3 is 2.62 bits per heavy atom. The number of rotatable bonds is 5. The van der Waals surface area contributed by atoms with Gasteiger partial charge in [-0.05, 0) is 33.3 Å². The van der Waals surface area contributed by atoms with E-state index >= 15 is 0 Å². The largest absolute Gasteiger partial charge is 0.444 e. The number of carbonyl (C=O) groups is 3. The van der Waals surface area contributed by atoms with Crippen LogP contribution in [0.25, 0.3) is 0 Å². The van der Waals surface area contributed by atoms with Gasteiger partial charge in [-0.3, -0.25) is 19.1 Å². The molecule has 0 fully saturated rings. The van der Waals surface area contributed by atoms with Crippen molar-refractivity contribution in [3.05, 3.63) is 43.0 Å². The zero-order valence-corrected chi connectivity index (χ0v) is 17.1. The summed E-state index contributed by atoms with van der Waals surface area (Å²) < 4.78 is 6.66. The number of ether oxygens (including phenoxy) is 1. The zero-order valence-electron chi connectivity index (χ0n) is 17.1. The number of hydrogen-bond donors (Lipinski definition) is 1. The van der Waals surface area contributed by atoms with Gasteiger partial charge in [0.15, 0.2) is 0 Å². The van der Waals surface area contributed by atoms with Crippen LogP contribution in [0.15, 0.2) is 43.0 Å². The summed E-state index contributed by atoms with van der Waals surface area (Å²) in [6.45, 7) is 10.4. The number of amides is 3. The van der Waals surface area contributed by atoms with Crippen molar-refractivity contribution in [2.24, 2.45) is 5.73 Å². The molecule has 0 spiro atoms. The van der Waals surface area contributed by atoms with Crippen LogP contribution in [0.1, 0.15) is 27.7 Å². The SMILES string of the molecule is C=CCON(C(=O)n1ccnc1)[C@@H]1C=C(C)[C@H](C(N)=O)N(C(=O)OC(C)(C)C)C1. The molecule has 0 unspecified atom stereocenters. The van der Waals surface area contributed by atoms with Gasteiger partial charge >= 0.3 is 12.1 Å². The fourth-order valence-corrected chi connectivity index (χ4v) is 2.93. The summed E-state index contributed by atoms with van der Waals surface area (Å²) in [7, 11) is 0. The first-order valence-corrected chi connectivity index (χ1v) is 9.07. The maximum absolute atomic E-state index is 12.9. The Labute approximate surface area is 169 Å². The molecular formula is C19H27N5O5. The van der Waals surface area contributed by atoms with E-state index in [2.05, 4.69) is 11.6 Å². The predicted octanol–water partition coefficient (Wildman–Crippen LogP) is 1.69. The Kier molecular flexibility index (Phi) is 6.80. The van der Waals surface area contributed by atoms with Crippen LogP contribution in [0, 0.1) is 0 Å². The normalized spacial score (nSPS) is 19.3. The van der Waals surface area contributed by atoms with Crippen LogP contribution in [-0.2, 0) is 14.4 Å². The number of primary amides is 1. The van der Waals surface area contributed by atoms with E-state index in [-0.39, 0.29) is 13.2 Å². The summed E-state index contributed by atoms with van der Waals surface area (Å²) in [5, 5.41) is 1.11. The smallest absolute Gasteiger partial charge is 0.411 e. The second-order valence-electron chi connectivity index (χ2n) is 7.58. The van der Waals surface area contributed by atoms with Crippen LogP contribution in [0.4, 0.5) is 9.59 Å². The molecule has 0 aromatic carbocycles. The highest BCUT2D eigenvalue weighted by molar-refractivity contribution is 5.88. The van der Waals surface area contributed by atoms with Gasteiger partial charge in [-0.15, -0.1) is 6.58 Å². The molecule has 2 heterocycles. The zero-order chi connectivity index (χ0) is 21.8. The Bertz CT molecular complexity index is 796. The molecule has 3 amide bonds. The maximum atomic E-state index is 12.9. The van der Waals surface area contributed by atoms with Crippen molar-refractivity contribution in [2.75, 3.05) is 13.2 Å². The van der Waals surface area contributed by atoms with Gasteiger partial charge in [-0.1, -0.05) is 12.2 Å². The standard InChI is InChI=1S/C19H27N5O5/c1-6-9-28-24(17(26)22-8-7-21-12-22)14-10-13(2)15(16(20)25)23(11-14)18(27)29-19(3,4)5/h6-8,10,12,14-15H,1,9,11H2,2-5H3,(H2,20,25)/t14-,15-/m1/s1. The molecular weight excluding hydrogens is 378 g/mol. The number of hydrogen-bond acceptors (Lipinski definition) is 6. The third-order valence-corrected chi connectivity index (χ3v) is 4.03. The molecule has 1 aromatic heterocycles. The third kappa shape index (κ3) is 5.44. The van der Waals surface area contributed by atoms with Gasteiger partial charge < -0.3 is 10.5 Å². The highest BCUT2D eigenvalue weighted by Gasteiger charge is 2.40. The van der Waals surface area contributed by atoms with E-state index in [4.69, 9.17) is 15.3 Å². The summed E-state index contributed by atoms with van der Waals surface area (Å²) in [6, 6.07) is -2.18. The molecule has 10 nitrogen and oxygen atoms in total. The first-order chi connectivity index (χ1) is 13.5. The number of imidazole rings is 1. The maximum Gasteiger partial charge on any atom is 0.411 e. The number of carbonyl (C=O) groups excluding carboxylic acids is 3. The van der Waals surface area contributed by atoms with Crippen molar-refractivity contribution < 1.29 is 24.0 Å². The molecule has 2 rings (SSSR count). The molecule has 0 saturated heterocycles. The minimum atomic E-state index is -0.981. The molecule has 158 valence electrons. The number of nitrogens with two attached hydrogens (primary N) is 1. The highest BCUT2D eigenvalue weighted by atomic mass is 16.7. The average Bonchev–Trinajstić information content (AvgIpc) is 3.14. The van der Waals surface area contributed by atoms with Crippen molar-refractivity contribution in [3.63, 3.8) is 0 Å². The molecule has 0 radical (unpaired) electrons. The Morgan fingerprint density at radius 1 is 1.41 bits per heavy atom. The van der Waals surface area contributed by atoms with Gasteiger partial charge in [0.2, 0.25) is 5.91 Å². The topological polar surface area (TPSA) is 120 Å². The summed E-state index contributed by atoms with van der Waals surface area (Å²) in [5.41, 5.74) is 5.26. The first-order valence-electron chi connectivity index (χ1n) is 9.07. The van der Waals surface area contributed by atoms with E-state index in [0.717, 1.165) is 5.06 Å². The van der Waals surface area contributed by atoms with Crippen LogP contribution in [0.5, 0.6) is 0 Å². The van der Waals surface area contributed by atoms with Crippen LogP contribution in [0.2, 0.25) is 0 Å². The minimum absolute atomic E-state index is 0.0442. The fourth-order valence-electron chi connectivity index (χ4n) is 2.93. The molecule has 0 bridgehead atoms. The third-order valence-electron chi connectivity index (χ3n) is 4.03. The lowest BCUT2D eigenvalue weighted by Crippen LogP contribution is -2.58. The van der Waals surface area contributed by atoms with E-state index < -0.39 is 35.7 Å². The van der Waals surface area contributed by atoms with Gasteiger partial charge in [-0.25, -0.2) is 14.6 Å². The Hall–Kier alpha value is -3.14. The Balaban J connectivity index is 2.38. The minimum Gasteiger partial charge on any atom is -0.444 e. The van der Waals surface area contributed by atoms with E-state index in [1.165, 1.54) is 34.3 Å². The summed E-state index contributed by atoms with van der Waals surface area (Å²) in [4.78, 5) is 48.3. The van der Waals surface area contributed by atoms with Crippen molar-refractivity contribution in [1.82, 2.24) is 19.5 Å². The van der Waals surface area contributed by atoms with Crippen molar-refractivity contribution in [3.8, 4) is 0 Å². The van der Waals surface area contributed by atoms with E-state index in [0.29, 0.717) is 5.57 Å². The van der Waals surface area contributed by atoms with Crippen molar-refractivity contribution in [1.29, 1.82) is 0 Å². The van der Waals surface area contributed by atoms with E-state index in [9.17, 15) is 14.4 Å². The lowest BCUT2D eigenvalue weighted by Gasteiger charge is -2.40. The molecule has 10 heteroatoms. The van der Waals surface area contributed by atoms with Crippen molar-refractivity contribution >= 4 is 18.0 Å². The second kappa shape index (κ2) is 8.91. The molecule has 0 aliphatic carbocycles.